The van der Waals surface area contributed by atoms with Crippen LogP contribution in [0, 0.1) is 0 Å². The van der Waals surface area contributed by atoms with Gasteiger partial charge in [-0.25, -0.2) is 0 Å². The molecule has 0 unspecified atom stereocenters. The maximum atomic E-state index is 13.3. The van der Waals surface area contributed by atoms with Gasteiger partial charge in [-0.1, -0.05) is 389 Å². The van der Waals surface area contributed by atoms with Gasteiger partial charge in [0.1, 0.15) is 24.4 Å². The number of carbonyl (C=O) groups excluding carboxylic acids is 4. The molecule has 0 saturated carbocycles. The highest BCUT2D eigenvalue weighted by Gasteiger charge is 2.22. The summed E-state index contributed by atoms with van der Waals surface area (Å²) in [6.45, 7) is 31.9. The summed E-state index contributed by atoms with van der Waals surface area (Å²) in [5.41, 5.74) is 0. The average molecular weight is 1690 g/mol. The summed E-state index contributed by atoms with van der Waals surface area (Å²) >= 11 is 0. The molecule has 1 aliphatic heterocycles. The van der Waals surface area contributed by atoms with Crippen molar-refractivity contribution in [1.82, 2.24) is 19.6 Å². The third-order valence-electron chi connectivity index (χ3n) is 26.6. The van der Waals surface area contributed by atoms with E-state index in [-0.39, 0.29) is 48.3 Å². The van der Waals surface area contributed by atoms with Crippen molar-refractivity contribution in [2.45, 2.75) is 593 Å². The second-order valence-corrected chi connectivity index (χ2v) is 38.3. The van der Waals surface area contributed by atoms with Crippen molar-refractivity contribution >= 4 is 23.9 Å². The first-order chi connectivity index (χ1) is 59.0. The topological polar surface area (TPSA) is 118 Å². The number of nitrogens with zero attached hydrogens (tertiary/aromatic N) is 4. The maximum absolute atomic E-state index is 13.3. The van der Waals surface area contributed by atoms with Crippen LogP contribution in [0.3, 0.4) is 0 Å². The number of ether oxygens (including phenoxy) is 4. The minimum absolute atomic E-state index is 0.0359. The van der Waals surface area contributed by atoms with E-state index in [0.29, 0.717) is 25.7 Å². The number of esters is 4. The fraction of sp³-hybridized carbons (Fsp3) is 0.963. The first-order valence-electron chi connectivity index (χ1n) is 54.7. The Morgan fingerprint density at radius 2 is 0.333 bits per heavy atom. The van der Waals surface area contributed by atoms with Gasteiger partial charge >= 0.3 is 23.9 Å². The van der Waals surface area contributed by atoms with Crippen molar-refractivity contribution in [3.05, 3.63) is 0 Å². The molecule has 0 aromatic heterocycles. The SMILES string of the molecule is CCCCCCCCC(CCCCCCCC)OC(=O)CCCCCCCN(CCCCCCCC(=O)OC(CCCCCCCC)CCCCCCCC)CCN1CCN(CCN(CCCCCCCC(=O)OC(CCCCCCCC)CCCCCCCC)CCCCCCCC(=O)OC(CCCCCCCC)CCCCCCCC)CC1. The normalized spacial score (nSPS) is 13.0. The summed E-state index contributed by atoms with van der Waals surface area (Å²) < 4.78 is 25.0. The number of piperazine rings is 1. The van der Waals surface area contributed by atoms with Gasteiger partial charge in [-0.15, -0.1) is 0 Å². The molecule has 0 spiro atoms. The molecule has 12 heteroatoms. The van der Waals surface area contributed by atoms with Gasteiger partial charge in [0.05, 0.1) is 0 Å². The summed E-state index contributed by atoms with van der Waals surface area (Å²) in [7, 11) is 0. The highest BCUT2D eigenvalue weighted by Crippen LogP contribution is 2.25. The summed E-state index contributed by atoms with van der Waals surface area (Å²) in [6, 6.07) is 0. The fourth-order valence-electron chi connectivity index (χ4n) is 18.3. The molecule has 712 valence electrons. The predicted octanol–water partition coefficient (Wildman–Crippen LogP) is 32.2. The molecular formula is C108H212N4O8. The predicted molar refractivity (Wildman–Crippen MR) is 520 cm³/mol. The Balaban J connectivity index is 3.02. The summed E-state index contributed by atoms with van der Waals surface area (Å²) in [6.07, 6.45) is 94.8. The van der Waals surface area contributed by atoms with Crippen molar-refractivity contribution < 1.29 is 38.1 Å². The van der Waals surface area contributed by atoms with Crippen LogP contribution in [0.5, 0.6) is 0 Å². The van der Waals surface area contributed by atoms with Crippen LogP contribution in [0.1, 0.15) is 569 Å². The van der Waals surface area contributed by atoms with E-state index in [4.69, 9.17) is 18.9 Å². The molecule has 0 aromatic rings. The van der Waals surface area contributed by atoms with E-state index in [0.717, 1.165) is 181 Å². The van der Waals surface area contributed by atoms with Crippen LogP contribution >= 0.6 is 0 Å². The van der Waals surface area contributed by atoms with Gasteiger partial charge in [-0.05, 0) is 180 Å². The lowest BCUT2D eigenvalue weighted by atomic mass is 10.0. The van der Waals surface area contributed by atoms with Crippen molar-refractivity contribution in [3.8, 4) is 0 Å². The third-order valence-corrected chi connectivity index (χ3v) is 26.6. The summed E-state index contributed by atoms with van der Waals surface area (Å²) in [4.78, 5) is 64.2. The van der Waals surface area contributed by atoms with Gasteiger partial charge in [0.15, 0.2) is 0 Å². The van der Waals surface area contributed by atoms with Gasteiger partial charge in [-0.2, -0.15) is 0 Å². The van der Waals surface area contributed by atoms with Crippen LogP contribution in [-0.2, 0) is 38.1 Å². The molecule has 1 fully saturated rings. The van der Waals surface area contributed by atoms with Crippen LogP contribution in [0.2, 0.25) is 0 Å². The molecule has 1 heterocycles. The standard InChI is InChI=1S/C108H212N4O8/c1-9-17-25-33-45-61-77-101(78-62-46-34-26-18-10-2)117-105(113)85-69-53-41-57-73-89-109(90-74-58-42-54-70-86-106(114)118-102(79-63-47-35-27-19-11-3)80-64-48-36-28-20-12-4)93-95-111-97-99-112(100-98-111)96-94-110(91-75-59-43-55-71-87-107(115)119-103(81-65-49-37-29-21-13-5)82-66-50-38-30-22-14-6)92-76-60-44-56-72-88-108(116)120-104(83-67-51-39-31-23-15-7)84-68-52-40-32-24-16-8/h101-104H,9-100H2,1-8H3. The van der Waals surface area contributed by atoms with E-state index in [9.17, 15) is 19.2 Å². The van der Waals surface area contributed by atoms with Gasteiger partial charge in [0, 0.05) is 78.0 Å². The molecule has 0 radical (unpaired) electrons. The molecule has 1 aliphatic rings. The Bertz CT molecular complexity index is 1770. The van der Waals surface area contributed by atoms with Crippen LogP contribution in [0.4, 0.5) is 0 Å². The van der Waals surface area contributed by atoms with Crippen molar-refractivity contribution in [2.24, 2.45) is 0 Å². The zero-order valence-electron chi connectivity index (χ0n) is 82.4. The Labute approximate surface area is 749 Å². The van der Waals surface area contributed by atoms with Gasteiger partial charge in [0.25, 0.3) is 0 Å². The number of carbonyl (C=O) groups is 4. The number of hydrogen-bond donors (Lipinski definition) is 0. The van der Waals surface area contributed by atoms with Crippen LogP contribution in [0.25, 0.3) is 0 Å². The van der Waals surface area contributed by atoms with E-state index in [1.165, 1.54) is 385 Å². The van der Waals surface area contributed by atoms with Crippen LogP contribution in [0.15, 0.2) is 0 Å². The molecule has 0 bridgehead atoms. The maximum Gasteiger partial charge on any atom is 0.306 e. The Morgan fingerprint density at radius 1 is 0.192 bits per heavy atom. The number of rotatable bonds is 98. The van der Waals surface area contributed by atoms with E-state index >= 15 is 0 Å². The smallest absolute Gasteiger partial charge is 0.306 e. The molecule has 1 rings (SSSR count). The lowest BCUT2D eigenvalue weighted by Gasteiger charge is -2.37. The highest BCUT2D eigenvalue weighted by molar-refractivity contribution is 5.70. The lowest BCUT2D eigenvalue weighted by molar-refractivity contribution is -0.151. The van der Waals surface area contributed by atoms with Crippen LogP contribution in [-0.4, -0.2) is 146 Å². The van der Waals surface area contributed by atoms with Gasteiger partial charge < -0.3 is 28.7 Å². The average Bonchev–Trinajstić information content (AvgIpc) is 0.915. The molecule has 120 heavy (non-hydrogen) atoms. The molecule has 12 nitrogen and oxygen atoms in total. The molecule has 0 aromatic carbocycles. The third kappa shape index (κ3) is 80.3. The highest BCUT2D eigenvalue weighted by atomic mass is 16.6. The summed E-state index contributed by atoms with van der Waals surface area (Å²) in [5, 5.41) is 0. The zero-order chi connectivity index (χ0) is 86.8. The fourth-order valence-corrected chi connectivity index (χ4v) is 18.3. The monoisotopic (exact) mass is 1690 g/mol. The first-order valence-corrected chi connectivity index (χ1v) is 54.7. The molecule has 1 saturated heterocycles. The second-order valence-electron chi connectivity index (χ2n) is 38.3. The van der Waals surface area contributed by atoms with E-state index < -0.39 is 0 Å². The Morgan fingerprint density at radius 3 is 0.500 bits per heavy atom. The lowest BCUT2D eigenvalue weighted by Crippen LogP contribution is -2.50. The largest absolute Gasteiger partial charge is 0.462 e. The van der Waals surface area contributed by atoms with Gasteiger partial charge in [0.2, 0.25) is 0 Å². The molecule has 0 atom stereocenters. The molecule has 0 N–H and O–H groups in total. The minimum Gasteiger partial charge on any atom is -0.462 e. The van der Waals surface area contributed by atoms with Crippen molar-refractivity contribution in [3.63, 3.8) is 0 Å². The minimum atomic E-state index is 0.0359. The van der Waals surface area contributed by atoms with Gasteiger partial charge in [-0.3, -0.25) is 29.0 Å². The van der Waals surface area contributed by atoms with E-state index in [1.807, 2.05) is 0 Å². The number of unbranched alkanes of at least 4 members (excludes halogenated alkanes) is 56. The van der Waals surface area contributed by atoms with Crippen LogP contribution < -0.4 is 0 Å². The molecule has 0 amide bonds. The molecular weight excluding hydrogens is 1480 g/mol. The zero-order valence-corrected chi connectivity index (χ0v) is 82.4. The Kier molecular flexibility index (Phi) is 89.6. The molecule has 0 aliphatic carbocycles. The quantitative estimate of drug-likeness (QED) is 0.0328. The van der Waals surface area contributed by atoms with Crippen molar-refractivity contribution in [2.75, 3.05) is 78.5 Å². The van der Waals surface area contributed by atoms with Crippen molar-refractivity contribution in [1.29, 1.82) is 0 Å². The second kappa shape index (κ2) is 92.9. The summed E-state index contributed by atoms with van der Waals surface area (Å²) in [5.74, 6) is 0.143. The number of hydrogen-bond acceptors (Lipinski definition) is 12. The first kappa shape index (κ1) is 116. The van der Waals surface area contributed by atoms with E-state index in [2.05, 4.69) is 75.0 Å². The Hall–Kier alpha value is -2.28. The van der Waals surface area contributed by atoms with E-state index in [1.54, 1.807) is 0 Å².